The van der Waals surface area contributed by atoms with Gasteiger partial charge in [0.1, 0.15) is 5.75 Å². The number of para-hydroxylation sites is 1. The maximum absolute atomic E-state index is 11.9. The SMILES string of the molecule is O=C(NCCCOCCCl)C1Cc2ccccc2O1. The summed E-state index contributed by atoms with van der Waals surface area (Å²) in [6, 6.07) is 7.75. The van der Waals surface area contributed by atoms with Gasteiger partial charge >= 0.3 is 0 Å². The highest BCUT2D eigenvalue weighted by atomic mass is 35.5. The first-order valence-corrected chi connectivity index (χ1v) is 7.00. The number of rotatable bonds is 7. The van der Waals surface area contributed by atoms with Gasteiger partial charge in [-0.1, -0.05) is 18.2 Å². The molecule has 1 aliphatic rings. The van der Waals surface area contributed by atoms with Gasteiger partial charge in [-0.2, -0.15) is 0 Å². The molecule has 104 valence electrons. The molecule has 0 saturated carbocycles. The van der Waals surface area contributed by atoms with Crippen molar-refractivity contribution in [3.8, 4) is 5.75 Å². The zero-order valence-electron chi connectivity index (χ0n) is 10.7. The first-order chi connectivity index (χ1) is 9.31. The van der Waals surface area contributed by atoms with E-state index in [0.29, 0.717) is 32.1 Å². The van der Waals surface area contributed by atoms with Crippen LogP contribution in [-0.4, -0.2) is 37.6 Å². The largest absolute Gasteiger partial charge is 0.480 e. The maximum atomic E-state index is 11.9. The summed E-state index contributed by atoms with van der Waals surface area (Å²) in [6.45, 7) is 1.76. The smallest absolute Gasteiger partial charge is 0.261 e. The van der Waals surface area contributed by atoms with Gasteiger partial charge < -0.3 is 14.8 Å². The van der Waals surface area contributed by atoms with Crippen LogP contribution >= 0.6 is 11.6 Å². The van der Waals surface area contributed by atoms with Crippen LogP contribution < -0.4 is 10.1 Å². The van der Waals surface area contributed by atoms with Crippen LogP contribution in [-0.2, 0) is 16.0 Å². The molecule has 0 saturated heterocycles. The lowest BCUT2D eigenvalue weighted by atomic mass is 10.1. The lowest BCUT2D eigenvalue weighted by molar-refractivity contribution is -0.127. The number of alkyl halides is 1. The van der Waals surface area contributed by atoms with Crippen LogP contribution in [0.4, 0.5) is 0 Å². The molecule has 5 heteroatoms. The van der Waals surface area contributed by atoms with Crippen molar-refractivity contribution in [1.82, 2.24) is 5.32 Å². The third kappa shape index (κ3) is 4.11. The fraction of sp³-hybridized carbons (Fsp3) is 0.500. The number of benzene rings is 1. The number of nitrogens with one attached hydrogen (secondary N) is 1. The molecule has 0 bridgehead atoms. The van der Waals surface area contributed by atoms with E-state index in [4.69, 9.17) is 21.1 Å². The summed E-state index contributed by atoms with van der Waals surface area (Å²) in [4.78, 5) is 11.9. The molecule has 2 rings (SSSR count). The molecule has 1 aromatic rings. The third-order valence-corrected chi connectivity index (χ3v) is 3.08. The van der Waals surface area contributed by atoms with Gasteiger partial charge in [-0.05, 0) is 18.1 Å². The molecule has 19 heavy (non-hydrogen) atoms. The van der Waals surface area contributed by atoms with E-state index < -0.39 is 6.10 Å². The van der Waals surface area contributed by atoms with Crippen LogP contribution in [0.2, 0.25) is 0 Å². The quantitative estimate of drug-likeness (QED) is 0.613. The lowest BCUT2D eigenvalue weighted by Gasteiger charge is -2.11. The van der Waals surface area contributed by atoms with Gasteiger partial charge in [0, 0.05) is 25.5 Å². The van der Waals surface area contributed by atoms with Crippen molar-refractivity contribution in [3.63, 3.8) is 0 Å². The molecule has 0 spiro atoms. The highest BCUT2D eigenvalue weighted by molar-refractivity contribution is 6.17. The van der Waals surface area contributed by atoms with Gasteiger partial charge in [-0.15, -0.1) is 11.6 Å². The molecule has 1 aromatic carbocycles. The molecule has 1 heterocycles. The van der Waals surface area contributed by atoms with Crippen molar-refractivity contribution < 1.29 is 14.3 Å². The average Bonchev–Trinajstić information content (AvgIpc) is 2.86. The molecular weight excluding hydrogens is 266 g/mol. The first-order valence-electron chi connectivity index (χ1n) is 6.47. The molecule has 0 fully saturated rings. The van der Waals surface area contributed by atoms with Crippen molar-refractivity contribution in [1.29, 1.82) is 0 Å². The molecule has 1 atom stereocenters. The Kier molecular flexibility index (Phi) is 5.48. The fourth-order valence-electron chi connectivity index (χ4n) is 1.98. The van der Waals surface area contributed by atoms with E-state index in [0.717, 1.165) is 17.7 Å². The number of amides is 1. The van der Waals surface area contributed by atoms with Crippen molar-refractivity contribution in [3.05, 3.63) is 29.8 Å². The second-order valence-electron chi connectivity index (χ2n) is 4.36. The van der Waals surface area contributed by atoms with Gasteiger partial charge in [0.2, 0.25) is 0 Å². The second-order valence-corrected chi connectivity index (χ2v) is 4.74. The zero-order chi connectivity index (χ0) is 13.5. The monoisotopic (exact) mass is 283 g/mol. The standard InChI is InChI=1S/C14H18ClNO3/c15-6-9-18-8-3-7-16-14(17)13-10-11-4-1-2-5-12(11)19-13/h1-2,4-5,13H,3,6-10H2,(H,16,17). The predicted molar refractivity (Wildman–Crippen MR) is 73.7 cm³/mol. The van der Waals surface area contributed by atoms with Gasteiger partial charge in [0.05, 0.1) is 6.61 Å². The van der Waals surface area contributed by atoms with Crippen LogP contribution in [0.1, 0.15) is 12.0 Å². The topological polar surface area (TPSA) is 47.6 Å². The van der Waals surface area contributed by atoms with Crippen LogP contribution in [0.3, 0.4) is 0 Å². The van der Waals surface area contributed by atoms with Crippen molar-refractivity contribution in [2.24, 2.45) is 0 Å². The van der Waals surface area contributed by atoms with E-state index in [1.54, 1.807) is 0 Å². The maximum Gasteiger partial charge on any atom is 0.261 e. The summed E-state index contributed by atoms with van der Waals surface area (Å²) >= 11 is 5.48. The summed E-state index contributed by atoms with van der Waals surface area (Å²) in [7, 11) is 0. The van der Waals surface area contributed by atoms with E-state index in [1.807, 2.05) is 24.3 Å². The van der Waals surface area contributed by atoms with Crippen molar-refractivity contribution in [2.75, 3.05) is 25.6 Å². The first kappa shape index (κ1) is 14.2. The number of carbonyl (C=O) groups excluding carboxylic acids is 1. The van der Waals surface area contributed by atoms with E-state index >= 15 is 0 Å². The van der Waals surface area contributed by atoms with Crippen LogP contribution in [0, 0.1) is 0 Å². The van der Waals surface area contributed by atoms with E-state index in [2.05, 4.69) is 5.32 Å². The zero-order valence-corrected chi connectivity index (χ0v) is 11.5. The minimum atomic E-state index is -0.402. The summed E-state index contributed by atoms with van der Waals surface area (Å²) in [5.41, 5.74) is 1.09. The number of ether oxygens (including phenoxy) is 2. The lowest BCUT2D eigenvalue weighted by Crippen LogP contribution is -2.38. The number of fused-ring (bicyclic) bond motifs is 1. The van der Waals surface area contributed by atoms with E-state index in [9.17, 15) is 4.79 Å². The van der Waals surface area contributed by atoms with Gasteiger partial charge in [-0.25, -0.2) is 0 Å². The number of halogens is 1. The molecule has 1 amide bonds. The summed E-state index contributed by atoms with van der Waals surface area (Å²) < 4.78 is 10.8. The van der Waals surface area contributed by atoms with E-state index in [-0.39, 0.29) is 5.91 Å². The van der Waals surface area contributed by atoms with E-state index in [1.165, 1.54) is 0 Å². The molecular formula is C14H18ClNO3. The summed E-state index contributed by atoms with van der Waals surface area (Å²) in [5.74, 6) is 1.25. The minimum absolute atomic E-state index is 0.0615. The molecule has 1 aliphatic heterocycles. The summed E-state index contributed by atoms with van der Waals surface area (Å²) in [6.07, 6.45) is 1.02. The minimum Gasteiger partial charge on any atom is -0.480 e. The molecule has 4 nitrogen and oxygen atoms in total. The third-order valence-electron chi connectivity index (χ3n) is 2.93. The number of hydrogen-bond donors (Lipinski definition) is 1. The Bertz CT molecular complexity index is 400. The van der Waals surface area contributed by atoms with Crippen molar-refractivity contribution in [2.45, 2.75) is 18.9 Å². The Morgan fingerprint density at radius 1 is 1.42 bits per heavy atom. The fourth-order valence-corrected chi connectivity index (χ4v) is 2.09. The average molecular weight is 284 g/mol. The predicted octanol–water partition coefficient (Wildman–Crippen LogP) is 1.75. The van der Waals surface area contributed by atoms with Gasteiger partial charge in [0.15, 0.2) is 6.10 Å². The van der Waals surface area contributed by atoms with Crippen molar-refractivity contribution >= 4 is 17.5 Å². The van der Waals surface area contributed by atoms with Gasteiger partial charge in [-0.3, -0.25) is 4.79 Å². The molecule has 0 aliphatic carbocycles. The Hall–Kier alpha value is -1.26. The van der Waals surface area contributed by atoms with Gasteiger partial charge in [0.25, 0.3) is 5.91 Å². The molecule has 0 aromatic heterocycles. The highest BCUT2D eigenvalue weighted by Gasteiger charge is 2.28. The summed E-state index contributed by atoms with van der Waals surface area (Å²) in [5, 5.41) is 2.86. The normalized spacial score (nSPS) is 16.8. The Labute approximate surface area is 118 Å². The Morgan fingerprint density at radius 3 is 3.05 bits per heavy atom. The Balaban J connectivity index is 1.66. The molecule has 1 unspecified atom stereocenters. The van der Waals surface area contributed by atoms with Crippen LogP contribution in [0.5, 0.6) is 5.75 Å². The molecule has 0 radical (unpaired) electrons. The van der Waals surface area contributed by atoms with Crippen LogP contribution in [0.25, 0.3) is 0 Å². The Morgan fingerprint density at radius 2 is 2.26 bits per heavy atom. The number of hydrogen-bond acceptors (Lipinski definition) is 3. The second kappa shape index (κ2) is 7.36. The van der Waals surface area contributed by atoms with Crippen LogP contribution in [0.15, 0.2) is 24.3 Å². The molecule has 1 N–H and O–H groups in total. The number of carbonyl (C=O) groups is 1. The highest BCUT2D eigenvalue weighted by Crippen LogP contribution is 2.27.